The van der Waals surface area contributed by atoms with E-state index in [2.05, 4.69) is 78.3 Å². The van der Waals surface area contributed by atoms with Gasteiger partial charge in [-0.25, -0.2) is 0 Å². The number of allylic oxidation sites excluding steroid dienone is 4. The van der Waals surface area contributed by atoms with Gasteiger partial charge in [-0.3, -0.25) is 0 Å². The number of halogens is 1. The third-order valence-electron chi connectivity index (χ3n) is 4.00. The Morgan fingerprint density at radius 3 is 2.53 bits per heavy atom. The lowest BCUT2D eigenvalue weighted by Gasteiger charge is -2.32. The van der Waals surface area contributed by atoms with Gasteiger partial charge in [0.25, 0.3) is 0 Å². The Balaban J connectivity index is 2.09. The van der Waals surface area contributed by atoms with E-state index in [1.165, 1.54) is 36.8 Å². The van der Waals surface area contributed by atoms with Crippen molar-refractivity contribution >= 4 is 21.5 Å². The molecule has 0 bridgehead atoms. The van der Waals surface area contributed by atoms with Crippen LogP contribution in [-0.2, 0) is 0 Å². The van der Waals surface area contributed by atoms with Crippen LogP contribution in [0, 0.1) is 5.92 Å². The van der Waals surface area contributed by atoms with Gasteiger partial charge in [-0.1, -0.05) is 97.6 Å². The predicted molar refractivity (Wildman–Crippen MR) is 88.5 cm³/mol. The molecule has 0 fully saturated rings. The standard InChI is InChI=1S/C18H23Br/c1-3-4-8-12-18(19)13-11-17(14-15(18)2)16-9-6-5-7-10-16/h5-7,9-11,13-15H,3-4,8,12H2,1-2H3. The highest BCUT2D eigenvalue weighted by Gasteiger charge is 2.31. The first-order chi connectivity index (χ1) is 9.15. The first-order valence-electron chi connectivity index (χ1n) is 7.31. The molecule has 0 spiro atoms. The Kier molecular flexibility index (Phi) is 5.04. The van der Waals surface area contributed by atoms with Crippen molar-refractivity contribution in [2.75, 3.05) is 0 Å². The van der Waals surface area contributed by atoms with E-state index in [4.69, 9.17) is 0 Å². The molecule has 1 aliphatic rings. The second-order valence-electron chi connectivity index (χ2n) is 5.49. The topological polar surface area (TPSA) is 0 Å². The van der Waals surface area contributed by atoms with Crippen LogP contribution in [0.1, 0.15) is 45.1 Å². The van der Waals surface area contributed by atoms with Crippen molar-refractivity contribution in [3.8, 4) is 0 Å². The van der Waals surface area contributed by atoms with E-state index in [0.717, 1.165) is 0 Å². The van der Waals surface area contributed by atoms with E-state index in [-0.39, 0.29) is 4.32 Å². The molecule has 0 amide bonds. The summed E-state index contributed by atoms with van der Waals surface area (Å²) in [5.74, 6) is 0.532. The molecule has 2 unspecified atom stereocenters. The first kappa shape index (κ1) is 14.6. The predicted octanol–water partition coefficient (Wildman–Crippen LogP) is 5.99. The zero-order valence-electron chi connectivity index (χ0n) is 11.9. The van der Waals surface area contributed by atoms with Gasteiger partial charge in [-0.15, -0.1) is 0 Å². The Morgan fingerprint density at radius 2 is 1.89 bits per heavy atom. The minimum Gasteiger partial charge on any atom is -0.0801 e. The highest BCUT2D eigenvalue weighted by Crippen LogP contribution is 2.41. The lowest BCUT2D eigenvalue weighted by Crippen LogP contribution is -2.28. The van der Waals surface area contributed by atoms with Gasteiger partial charge in [0.2, 0.25) is 0 Å². The molecule has 1 aliphatic carbocycles. The van der Waals surface area contributed by atoms with Crippen LogP contribution in [0.25, 0.3) is 5.57 Å². The highest BCUT2D eigenvalue weighted by molar-refractivity contribution is 9.10. The average molecular weight is 319 g/mol. The summed E-state index contributed by atoms with van der Waals surface area (Å²) in [6.45, 7) is 4.57. The van der Waals surface area contributed by atoms with E-state index in [0.29, 0.717) is 5.92 Å². The molecule has 0 N–H and O–H groups in total. The van der Waals surface area contributed by atoms with Crippen molar-refractivity contribution in [1.82, 2.24) is 0 Å². The first-order valence-corrected chi connectivity index (χ1v) is 8.10. The summed E-state index contributed by atoms with van der Waals surface area (Å²) in [6, 6.07) is 10.6. The third-order valence-corrected chi connectivity index (χ3v) is 5.38. The second-order valence-corrected chi connectivity index (χ2v) is 6.97. The normalized spacial score (nSPS) is 26.3. The Bertz CT molecular complexity index is 458. The van der Waals surface area contributed by atoms with Crippen LogP contribution in [0.3, 0.4) is 0 Å². The maximum absolute atomic E-state index is 3.96. The van der Waals surface area contributed by atoms with Crippen LogP contribution in [-0.4, -0.2) is 4.32 Å². The summed E-state index contributed by atoms with van der Waals surface area (Å²) in [5, 5.41) is 0. The maximum Gasteiger partial charge on any atom is 0.0500 e. The molecule has 0 nitrogen and oxygen atoms in total. The van der Waals surface area contributed by atoms with Crippen molar-refractivity contribution in [1.29, 1.82) is 0 Å². The number of benzene rings is 1. The molecule has 2 rings (SSSR count). The van der Waals surface area contributed by atoms with Crippen LogP contribution in [0.5, 0.6) is 0 Å². The fourth-order valence-electron chi connectivity index (χ4n) is 2.62. The number of hydrogen-bond donors (Lipinski definition) is 0. The van der Waals surface area contributed by atoms with Crippen LogP contribution in [0.15, 0.2) is 48.6 Å². The van der Waals surface area contributed by atoms with E-state index in [1.54, 1.807) is 0 Å². The summed E-state index contributed by atoms with van der Waals surface area (Å²) in [6.07, 6.45) is 12.2. The fraction of sp³-hybridized carbons (Fsp3) is 0.444. The van der Waals surface area contributed by atoms with Gasteiger partial charge in [0.05, 0.1) is 0 Å². The lowest BCUT2D eigenvalue weighted by atomic mass is 9.82. The summed E-state index contributed by atoms with van der Waals surface area (Å²) in [5.41, 5.74) is 2.66. The molecule has 0 saturated heterocycles. The van der Waals surface area contributed by atoms with Crippen LogP contribution in [0.4, 0.5) is 0 Å². The fourth-order valence-corrected chi connectivity index (χ4v) is 3.17. The largest absolute Gasteiger partial charge is 0.0801 e. The van der Waals surface area contributed by atoms with Gasteiger partial charge in [-0.05, 0) is 23.5 Å². The molecule has 0 aromatic heterocycles. The molecule has 1 heteroatoms. The van der Waals surface area contributed by atoms with Gasteiger partial charge in [0, 0.05) is 4.32 Å². The number of hydrogen-bond acceptors (Lipinski definition) is 0. The van der Waals surface area contributed by atoms with Crippen molar-refractivity contribution in [2.24, 2.45) is 5.92 Å². The molecule has 1 aromatic carbocycles. The quantitative estimate of drug-likeness (QED) is 0.462. The minimum atomic E-state index is 0.153. The van der Waals surface area contributed by atoms with Gasteiger partial charge in [0.1, 0.15) is 0 Å². The van der Waals surface area contributed by atoms with Gasteiger partial charge in [0.15, 0.2) is 0 Å². The van der Waals surface area contributed by atoms with Gasteiger partial charge < -0.3 is 0 Å². The Morgan fingerprint density at radius 1 is 1.16 bits per heavy atom. The van der Waals surface area contributed by atoms with Crippen molar-refractivity contribution in [2.45, 2.75) is 43.9 Å². The lowest BCUT2D eigenvalue weighted by molar-refractivity contribution is 0.500. The summed E-state index contributed by atoms with van der Waals surface area (Å²) in [7, 11) is 0. The summed E-state index contributed by atoms with van der Waals surface area (Å²) >= 11 is 3.96. The monoisotopic (exact) mass is 318 g/mol. The van der Waals surface area contributed by atoms with Crippen LogP contribution < -0.4 is 0 Å². The molecule has 1 aromatic rings. The van der Waals surface area contributed by atoms with E-state index in [9.17, 15) is 0 Å². The van der Waals surface area contributed by atoms with Crippen molar-refractivity contribution in [3.63, 3.8) is 0 Å². The SMILES string of the molecule is CCCCCC1(Br)C=CC(c2ccccc2)=CC1C. The van der Waals surface area contributed by atoms with Gasteiger partial charge in [-0.2, -0.15) is 0 Å². The third kappa shape index (κ3) is 3.60. The molecule has 0 heterocycles. The number of alkyl halides is 1. The number of rotatable bonds is 5. The molecular formula is C18H23Br. The molecule has 2 atom stereocenters. The Labute approximate surface area is 125 Å². The second kappa shape index (κ2) is 6.56. The van der Waals surface area contributed by atoms with Crippen molar-refractivity contribution in [3.05, 3.63) is 54.1 Å². The smallest absolute Gasteiger partial charge is 0.0500 e. The van der Waals surface area contributed by atoms with E-state index < -0.39 is 0 Å². The molecule has 19 heavy (non-hydrogen) atoms. The van der Waals surface area contributed by atoms with Crippen LogP contribution >= 0.6 is 15.9 Å². The van der Waals surface area contributed by atoms with E-state index in [1.807, 2.05) is 0 Å². The molecule has 102 valence electrons. The van der Waals surface area contributed by atoms with Gasteiger partial charge >= 0.3 is 0 Å². The summed E-state index contributed by atoms with van der Waals surface area (Å²) < 4.78 is 0.153. The number of unbranched alkanes of at least 4 members (excludes halogenated alkanes) is 2. The molecule has 0 saturated carbocycles. The molecular weight excluding hydrogens is 296 g/mol. The zero-order valence-corrected chi connectivity index (χ0v) is 13.5. The minimum absolute atomic E-state index is 0.153. The van der Waals surface area contributed by atoms with Crippen LogP contribution in [0.2, 0.25) is 0 Å². The Hall–Kier alpha value is -0.820. The van der Waals surface area contributed by atoms with E-state index >= 15 is 0 Å². The summed E-state index contributed by atoms with van der Waals surface area (Å²) in [4.78, 5) is 0. The van der Waals surface area contributed by atoms with Crippen molar-refractivity contribution < 1.29 is 0 Å². The maximum atomic E-state index is 3.96. The molecule has 0 aliphatic heterocycles. The molecule has 0 radical (unpaired) electrons. The average Bonchev–Trinajstić information content (AvgIpc) is 2.43. The zero-order chi connectivity index (χ0) is 13.7. The highest BCUT2D eigenvalue weighted by atomic mass is 79.9.